The van der Waals surface area contributed by atoms with Crippen LogP contribution in [0.15, 0.2) is 36.4 Å². The molecular formula is C14H8Cl2O. The summed E-state index contributed by atoms with van der Waals surface area (Å²) < 4.78 is 0. The molecule has 0 heterocycles. The van der Waals surface area contributed by atoms with Crippen molar-refractivity contribution < 1.29 is 4.79 Å². The van der Waals surface area contributed by atoms with Gasteiger partial charge in [-0.25, -0.2) is 0 Å². The molecular weight excluding hydrogens is 255 g/mol. The summed E-state index contributed by atoms with van der Waals surface area (Å²) >= 11 is 12.0. The predicted octanol–water partition coefficient (Wildman–Crippen LogP) is 4.13. The van der Waals surface area contributed by atoms with Crippen LogP contribution in [0.1, 0.15) is 27.0 Å². The molecule has 2 aromatic carbocycles. The maximum absolute atomic E-state index is 12.3. The van der Waals surface area contributed by atoms with E-state index in [2.05, 4.69) is 0 Å². The van der Waals surface area contributed by atoms with Gasteiger partial charge in [0.2, 0.25) is 0 Å². The number of fused-ring (bicyclic) bond motifs is 2. The number of halogens is 2. The lowest BCUT2D eigenvalue weighted by atomic mass is 9.85. The third-order valence-electron chi connectivity index (χ3n) is 3.02. The summed E-state index contributed by atoms with van der Waals surface area (Å²) in [5, 5.41) is 1.09. The van der Waals surface area contributed by atoms with Gasteiger partial charge in [0.25, 0.3) is 0 Å². The van der Waals surface area contributed by atoms with Crippen molar-refractivity contribution in [2.24, 2.45) is 0 Å². The Morgan fingerprint density at radius 1 is 1.00 bits per heavy atom. The Bertz CT molecular complexity index is 632. The highest BCUT2D eigenvalue weighted by Crippen LogP contribution is 2.32. The second-order valence-electron chi connectivity index (χ2n) is 4.08. The van der Waals surface area contributed by atoms with E-state index < -0.39 is 0 Å². The lowest BCUT2D eigenvalue weighted by molar-refractivity contribution is 0.103. The smallest absolute Gasteiger partial charge is 0.195 e. The second kappa shape index (κ2) is 3.86. The molecule has 0 bridgehead atoms. The summed E-state index contributed by atoms with van der Waals surface area (Å²) in [6.07, 6.45) is 0.730. The first-order chi connectivity index (χ1) is 8.16. The van der Waals surface area contributed by atoms with E-state index in [0.29, 0.717) is 21.2 Å². The lowest BCUT2D eigenvalue weighted by Crippen LogP contribution is -2.15. The monoisotopic (exact) mass is 262 g/mol. The zero-order valence-corrected chi connectivity index (χ0v) is 10.3. The van der Waals surface area contributed by atoms with Crippen LogP contribution in [0.25, 0.3) is 0 Å². The number of hydrogen-bond acceptors (Lipinski definition) is 1. The number of carbonyl (C=O) groups excluding carboxylic acids is 1. The van der Waals surface area contributed by atoms with Crippen LogP contribution < -0.4 is 0 Å². The highest BCUT2D eigenvalue weighted by molar-refractivity contribution is 6.36. The molecule has 0 saturated heterocycles. The topological polar surface area (TPSA) is 17.1 Å². The molecule has 0 spiro atoms. The molecule has 0 radical (unpaired) electrons. The number of carbonyl (C=O) groups is 1. The van der Waals surface area contributed by atoms with E-state index in [1.165, 1.54) is 0 Å². The predicted molar refractivity (Wildman–Crippen MR) is 69.1 cm³/mol. The van der Waals surface area contributed by atoms with Crippen LogP contribution in [0.3, 0.4) is 0 Å². The minimum Gasteiger partial charge on any atom is -0.289 e. The summed E-state index contributed by atoms with van der Waals surface area (Å²) in [5.41, 5.74) is 3.27. The minimum absolute atomic E-state index is 0.0330. The molecule has 17 heavy (non-hydrogen) atoms. The van der Waals surface area contributed by atoms with Crippen molar-refractivity contribution in [1.82, 2.24) is 0 Å². The van der Waals surface area contributed by atoms with E-state index in [1.807, 2.05) is 24.3 Å². The normalized spacial score (nSPS) is 13.2. The standard InChI is InChI=1S/C14H8Cl2O/c15-10-5-4-8-6-9-2-1-3-12(16)13(9)14(17)11(8)7-10/h1-5,7H,6H2. The van der Waals surface area contributed by atoms with Crippen LogP contribution in [0.5, 0.6) is 0 Å². The maximum atomic E-state index is 12.3. The number of ketones is 1. The van der Waals surface area contributed by atoms with Crippen molar-refractivity contribution in [3.8, 4) is 0 Å². The molecule has 1 aliphatic rings. The molecule has 2 aromatic rings. The van der Waals surface area contributed by atoms with Gasteiger partial charge in [0.1, 0.15) is 0 Å². The van der Waals surface area contributed by atoms with Crippen LogP contribution in [-0.2, 0) is 6.42 Å². The van der Waals surface area contributed by atoms with Crippen molar-refractivity contribution in [2.75, 3.05) is 0 Å². The van der Waals surface area contributed by atoms with Crippen molar-refractivity contribution in [3.05, 3.63) is 68.7 Å². The van der Waals surface area contributed by atoms with Crippen molar-refractivity contribution in [2.45, 2.75) is 6.42 Å². The van der Waals surface area contributed by atoms with Gasteiger partial charge >= 0.3 is 0 Å². The average molecular weight is 263 g/mol. The fraction of sp³-hybridized carbons (Fsp3) is 0.0714. The number of hydrogen-bond donors (Lipinski definition) is 0. The van der Waals surface area contributed by atoms with Crippen LogP contribution >= 0.6 is 23.2 Å². The molecule has 1 aliphatic carbocycles. The fourth-order valence-electron chi connectivity index (χ4n) is 2.22. The molecule has 0 aromatic heterocycles. The lowest BCUT2D eigenvalue weighted by Gasteiger charge is -2.19. The summed E-state index contributed by atoms with van der Waals surface area (Å²) in [6, 6.07) is 11.0. The summed E-state index contributed by atoms with van der Waals surface area (Å²) in [5.74, 6) is -0.0330. The third-order valence-corrected chi connectivity index (χ3v) is 3.57. The molecule has 0 unspecified atom stereocenters. The molecule has 0 atom stereocenters. The average Bonchev–Trinajstić information content (AvgIpc) is 2.30. The van der Waals surface area contributed by atoms with Gasteiger partial charge in [-0.3, -0.25) is 4.79 Å². The zero-order valence-electron chi connectivity index (χ0n) is 8.84. The maximum Gasteiger partial charge on any atom is 0.195 e. The Balaban J connectivity index is 2.25. The van der Waals surface area contributed by atoms with Gasteiger partial charge in [0.15, 0.2) is 5.78 Å². The van der Waals surface area contributed by atoms with E-state index >= 15 is 0 Å². The second-order valence-corrected chi connectivity index (χ2v) is 4.92. The molecule has 3 rings (SSSR count). The van der Waals surface area contributed by atoms with E-state index in [1.54, 1.807) is 12.1 Å². The SMILES string of the molecule is O=C1c2cc(Cl)ccc2Cc2cccc(Cl)c21. The number of rotatable bonds is 0. The van der Waals surface area contributed by atoms with E-state index in [0.717, 1.165) is 17.5 Å². The van der Waals surface area contributed by atoms with E-state index in [-0.39, 0.29) is 5.78 Å². The highest BCUT2D eigenvalue weighted by Gasteiger charge is 2.25. The number of benzene rings is 2. The first-order valence-electron chi connectivity index (χ1n) is 5.27. The molecule has 0 aliphatic heterocycles. The molecule has 0 N–H and O–H groups in total. The Hall–Kier alpha value is -1.31. The molecule has 0 fully saturated rings. The Labute approximate surface area is 109 Å². The van der Waals surface area contributed by atoms with Gasteiger partial charge in [-0.2, -0.15) is 0 Å². The third kappa shape index (κ3) is 1.67. The van der Waals surface area contributed by atoms with E-state index in [4.69, 9.17) is 23.2 Å². The van der Waals surface area contributed by atoms with Gasteiger partial charge in [-0.1, -0.05) is 41.4 Å². The summed E-state index contributed by atoms with van der Waals surface area (Å²) in [4.78, 5) is 12.3. The van der Waals surface area contributed by atoms with Crippen molar-refractivity contribution in [1.29, 1.82) is 0 Å². The van der Waals surface area contributed by atoms with Crippen molar-refractivity contribution >= 4 is 29.0 Å². The Morgan fingerprint density at radius 3 is 2.65 bits per heavy atom. The molecule has 0 saturated carbocycles. The zero-order chi connectivity index (χ0) is 12.0. The van der Waals surface area contributed by atoms with Crippen LogP contribution in [0.2, 0.25) is 10.0 Å². The van der Waals surface area contributed by atoms with Crippen molar-refractivity contribution in [3.63, 3.8) is 0 Å². The molecule has 0 amide bonds. The molecule has 3 heteroatoms. The fourth-order valence-corrected chi connectivity index (χ4v) is 2.68. The quantitative estimate of drug-likeness (QED) is 0.596. The van der Waals surface area contributed by atoms with Gasteiger partial charge in [0, 0.05) is 16.1 Å². The van der Waals surface area contributed by atoms with Crippen LogP contribution in [0.4, 0.5) is 0 Å². The van der Waals surface area contributed by atoms with Gasteiger partial charge in [0.05, 0.1) is 5.02 Å². The molecule has 84 valence electrons. The highest BCUT2D eigenvalue weighted by atomic mass is 35.5. The Kier molecular flexibility index (Phi) is 2.46. The first-order valence-corrected chi connectivity index (χ1v) is 6.03. The largest absolute Gasteiger partial charge is 0.289 e. The van der Waals surface area contributed by atoms with Gasteiger partial charge in [-0.15, -0.1) is 0 Å². The first kappa shape index (κ1) is 10.8. The van der Waals surface area contributed by atoms with Crippen LogP contribution in [-0.4, -0.2) is 5.78 Å². The minimum atomic E-state index is -0.0330. The van der Waals surface area contributed by atoms with E-state index in [9.17, 15) is 4.79 Å². The Morgan fingerprint density at radius 2 is 1.82 bits per heavy atom. The summed E-state index contributed by atoms with van der Waals surface area (Å²) in [7, 11) is 0. The van der Waals surface area contributed by atoms with Crippen LogP contribution in [0, 0.1) is 0 Å². The van der Waals surface area contributed by atoms with Gasteiger partial charge in [-0.05, 0) is 35.7 Å². The van der Waals surface area contributed by atoms with Gasteiger partial charge < -0.3 is 0 Å². The summed E-state index contributed by atoms with van der Waals surface area (Å²) in [6.45, 7) is 0. The molecule has 1 nitrogen and oxygen atoms in total.